The van der Waals surface area contributed by atoms with Crippen LogP contribution in [0.3, 0.4) is 0 Å². The van der Waals surface area contributed by atoms with Crippen LogP contribution < -0.4 is 4.74 Å². The molecule has 8 atom stereocenters. The Hall–Kier alpha value is -3.49. The topological polar surface area (TPSA) is 129 Å². The van der Waals surface area contributed by atoms with Gasteiger partial charge in [0, 0.05) is 12.0 Å². The molecule has 0 amide bonds. The molecule has 53 heavy (non-hydrogen) atoms. The first kappa shape index (κ1) is 39.2. The van der Waals surface area contributed by atoms with Crippen molar-refractivity contribution in [3.05, 3.63) is 41.3 Å². The molecule has 1 N–H and O–H groups in total. The molecule has 0 aliphatic heterocycles. The monoisotopic (exact) mass is 730 g/mol. The zero-order valence-electron chi connectivity index (χ0n) is 33.8. The summed E-state index contributed by atoms with van der Waals surface area (Å²) in [6.07, 6.45) is 8.55. The first-order valence-electron chi connectivity index (χ1n) is 20.1. The summed E-state index contributed by atoms with van der Waals surface area (Å²) in [6.45, 7) is 19.5. The van der Waals surface area contributed by atoms with E-state index in [0.29, 0.717) is 36.5 Å². The lowest BCUT2D eigenvalue weighted by Crippen LogP contribution is -2.62. The molecule has 1 heterocycles. The minimum absolute atomic E-state index is 0.0290. The number of esters is 1. The van der Waals surface area contributed by atoms with E-state index in [1.807, 2.05) is 31.2 Å². The Morgan fingerprint density at radius 3 is 2.34 bits per heavy atom. The molecule has 2 aromatic rings. The largest absolute Gasteiger partial charge is 0.497 e. The molecule has 3 saturated carbocycles. The fourth-order valence-electron chi connectivity index (χ4n) is 11.6. The van der Waals surface area contributed by atoms with E-state index in [9.17, 15) is 19.5 Å². The highest BCUT2D eigenvalue weighted by Crippen LogP contribution is 2.74. The second-order valence-corrected chi connectivity index (χ2v) is 18.7. The van der Waals surface area contributed by atoms with Gasteiger partial charge in [-0.1, -0.05) is 48.5 Å². The van der Waals surface area contributed by atoms with Crippen molar-refractivity contribution in [2.24, 2.45) is 45.3 Å². The third-order valence-electron chi connectivity index (χ3n) is 15.3. The Morgan fingerprint density at radius 1 is 1.02 bits per heavy atom. The van der Waals surface area contributed by atoms with E-state index in [2.05, 4.69) is 46.6 Å². The Balaban J connectivity index is 1.30. The molecule has 0 bridgehead atoms. The van der Waals surface area contributed by atoms with Gasteiger partial charge in [-0.15, -0.1) is 10.2 Å². The first-order valence-corrected chi connectivity index (χ1v) is 20.1. The highest BCUT2D eigenvalue weighted by Gasteiger charge is 2.68. The Morgan fingerprint density at radius 2 is 1.72 bits per heavy atom. The number of nitrogens with zero attached hydrogens (tertiary/aromatic N) is 2. The van der Waals surface area contributed by atoms with E-state index in [-0.39, 0.29) is 46.4 Å². The van der Waals surface area contributed by atoms with Gasteiger partial charge in [0.25, 0.3) is 0 Å². The van der Waals surface area contributed by atoms with Gasteiger partial charge in [-0.3, -0.25) is 14.4 Å². The minimum atomic E-state index is -1.16. The second kappa shape index (κ2) is 14.0. The van der Waals surface area contributed by atoms with Crippen molar-refractivity contribution in [2.45, 2.75) is 144 Å². The van der Waals surface area contributed by atoms with Gasteiger partial charge in [0.05, 0.1) is 24.4 Å². The van der Waals surface area contributed by atoms with Gasteiger partial charge in [-0.05, 0) is 147 Å². The van der Waals surface area contributed by atoms with Gasteiger partial charge in [-0.25, -0.2) is 0 Å². The molecule has 4 aliphatic rings. The van der Waals surface area contributed by atoms with E-state index in [0.717, 1.165) is 68.3 Å². The number of carboxylic acids is 1. The molecule has 0 unspecified atom stereocenters. The van der Waals surface area contributed by atoms with Crippen LogP contribution in [-0.4, -0.2) is 46.2 Å². The van der Waals surface area contributed by atoms with Crippen molar-refractivity contribution in [2.75, 3.05) is 7.11 Å². The number of hydrogen-bond acceptors (Lipinski definition) is 8. The highest BCUT2D eigenvalue weighted by molar-refractivity contribution is 6.01. The van der Waals surface area contributed by atoms with Crippen LogP contribution in [0.5, 0.6) is 5.75 Å². The van der Waals surface area contributed by atoms with Crippen LogP contribution in [0.15, 0.2) is 39.8 Å². The van der Waals surface area contributed by atoms with Gasteiger partial charge in [-0.2, -0.15) is 0 Å². The summed E-state index contributed by atoms with van der Waals surface area (Å²) in [5.74, 6) is 1.90. The number of allylic oxidation sites excluding steroid dienone is 2. The second-order valence-electron chi connectivity index (χ2n) is 18.7. The van der Waals surface area contributed by atoms with Crippen LogP contribution in [0, 0.1) is 45.3 Å². The van der Waals surface area contributed by atoms with Crippen LogP contribution in [0.1, 0.15) is 139 Å². The number of Topliss-reactive ketones (excluding diaryl/α,β-unsaturated/α-hetero) is 1. The summed E-state index contributed by atoms with van der Waals surface area (Å²) in [7, 11) is 1.64. The van der Waals surface area contributed by atoms with Crippen molar-refractivity contribution in [3.8, 4) is 17.2 Å². The number of ketones is 1. The molecular weight excluding hydrogens is 668 g/mol. The Kier molecular flexibility index (Phi) is 10.3. The number of methoxy groups -OCH3 is 1. The lowest BCUT2D eigenvalue weighted by molar-refractivity contribution is -0.184. The van der Waals surface area contributed by atoms with Crippen molar-refractivity contribution >= 4 is 17.7 Å². The van der Waals surface area contributed by atoms with Gasteiger partial charge in [0.15, 0.2) is 5.78 Å². The molecule has 0 saturated heterocycles. The standard InChI is InChI=1S/C44H62N2O7/c1-11-29(52-34(48)25-40(5,6)39(49)50)19-20-41(7)27(4)18-21-43(9)33(41)17-16-31-36-35(26(2)3)32(47)24-44(36,23-22-42(31,43)8)38-46-45-37(53-38)28-12-14-30(51-10)15-13-28/h12-15,26-27,29,31,33H,11,16-25H2,1-10H3,(H,49,50)/t27-,29-,31-,33-,41+,42-,43-,44-/m1/s1. The predicted octanol–water partition coefficient (Wildman–Crippen LogP) is 9.78. The lowest BCUT2D eigenvalue weighted by Gasteiger charge is -2.69. The van der Waals surface area contributed by atoms with Crippen molar-refractivity contribution in [1.82, 2.24) is 10.2 Å². The van der Waals surface area contributed by atoms with Gasteiger partial charge in [0.2, 0.25) is 11.8 Å². The first-order chi connectivity index (χ1) is 24.9. The average molecular weight is 731 g/mol. The minimum Gasteiger partial charge on any atom is -0.497 e. The Labute approximate surface area is 316 Å². The van der Waals surface area contributed by atoms with Crippen LogP contribution in [0.25, 0.3) is 11.5 Å². The zero-order valence-corrected chi connectivity index (χ0v) is 33.8. The van der Waals surface area contributed by atoms with Gasteiger partial charge in [0.1, 0.15) is 11.9 Å². The highest BCUT2D eigenvalue weighted by atomic mass is 16.5. The fourth-order valence-corrected chi connectivity index (χ4v) is 11.6. The predicted molar refractivity (Wildman–Crippen MR) is 203 cm³/mol. The van der Waals surface area contributed by atoms with Crippen LogP contribution in [0.2, 0.25) is 0 Å². The quantitative estimate of drug-likeness (QED) is 0.212. The number of ether oxygens (including phenoxy) is 2. The number of aliphatic carboxylic acids is 1. The van der Waals surface area contributed by atoms with Crippen molar-refractivity contribution in [1.29, 1.82) is 0 Å². The van der Waals surface area contributed by atoms with Crippen molar-refractivity contribution < 1.29 is 33.4 Å². The molecule has 6 rings (SSSR count). The average Bonchev–Trinajstić information content (AvgIpc) is 3.72. The molecule has 290 valence electrons. The summed E-state index contributed by atoms with van der Waals surface area (Å²) in [6, 6.07) is 7.64. The van der Waals surface area contributed by atoms with E-state index >= 15 is 0 Å². The maximum absolute atomic E-state index is 14.1. The van der Waals surface area contributed by atoms with Crippen LogP contribution in [0.4, 0.5) is 0 Å². The SMILES string of the molecule is CC[C@H](CC[C@@]1(C)[C@H](C)CC[C@]2(C)[C@@H]1CC[C@@H]1C3=C(C(C)C)C(=O)C[C@]3(c3nnc(-c4ccc(OC)cc4)o3)CC[C@]12C)OC(=O)CC(C)(C)C(=O)O. The Bertz CT molecular complexity index is 1760. The van der Waals surface area contributed by atoms with Gasteiger partial charge >= 0.3 is 11.9 Å². The maximum atomic E-state index is 14.1. The molecule has 1 aromatic carbocycles. The smallest absolute Gasteiger partial charge is 0.309 e. The number of hydrogen-bond donors (Lipinski definition) is 1. The molecule has 0 spiro atoms. The number of rotatable bonds is 12. The number of carbonyl (C=O) groups excluding carboxylic acids is 2. The zero-order chi connectivity index (χ0) is 38.7. The summed E-state index contributed by atoms with van der Waals surface area (Å²) >= 11 is 0. The fraction of sp³-hybridized carbons (Fsp3) is 0.705. The lowest BCUT2D eigenvalue weighted by atomic mass is 9.35. The maximum Gasteiger partial charge on any atom is 0.309 e. The third-order valence-corrected chi connectivity index (χ3v) is 15.3. The van der Waals surface area contributed by atoms with Crippen molar-refractivity contribution in [3.63, 3.8) is 0 Å². The molecule has 3 fully saturated rings. The van der Waals surface area contributed by atoms with E-state index in [1.54, 1.807) is 21.0 Å². The van der Waals surface area contributed by atoms with Crippen LogP contribution in [-0.2, 0) is 24.5 Å². The number of carbonyl (C=O) groups is 3. The molecule has 1 aromatic heterocycles. The van der Waals surface area contributed by atoms with E-state index in [4.69, 9.17) is 19.0 Å². The molecule has 9 heteroatoms. The van der Waals surface area contributed by atoms with Crippen LogP contribution >= 0.6 is 0 Å². The molecular formula is C44H62N2O7. The third kappa shape index (κ3) is 6.35. The van der Waals surface area contributed by atoms with Gasteiger partial charge < -0.3 is 19.0 Å². The normalized spacial score (nSPS) is 33.3. The van der Waals surface area contributed by atoms with E-state index in [1.165, 1.54) is 5.57 Å². The number of carboxylic acid groups (broad SMARTS) is 1. The summed E-state index contributed by atoms with van der Waals surface area (Å²) in [4.78, 5) is 38.7. The summed E-state index contributed by atoms with van der Waals surface area (Å²) in [5, 5.41) is 18.8. The number of fused-ring (bicyclic) bond motifs is 5. The molecule has 4 aliphatic carbocycles. The summed E-state index contributed by atoms with van der Waals surface area (Å²) in [5.41, 5.74) is 1.39. The number of aromatic nitrogens is 2. The molecule has 0 radical (unpaired) electrons. The van der Waals surface area contributed by atoms with E-state index < -0.39 is 22.8 Å². The number of benzene rings is 1. The summed E-state index contributed by atoms with van der Waals surface area (Å²) < 4.78 is 17.9. The molecule has 9 nitrogen and oxygen atoms in total.